The average Bonchev–Trinajstić information content (AvgIpc) is 3.32. The SMILES string of the molecule is CC[C@@H](C)c1ccc(OCC(=O)Nc2ccc3oc(-c4ccc(N(CC)CC)cc4)nc3c2)cc1. The maximum Gasteiger partial charge on any atom is 0.262 e. The van der Waals surface area contributed by atoms with Crippen molar-refractivity contribution in [3.05, 3.63) is 72.3 Å². The fourth-order valence-electron chi connectivity index (χ4n) is 4.01. The highest BCUT2D eigenvalue weighted by Gasteiger charge is 2.12. The molecular weight excluding hydrogens is 438 g/mol. The summed E-state index contributed by atoms with van der Waals surface area (Å²) in [6.45, 7) is 10.5. The molecule has 3 aromatic carbocycles. The van der Waals surface area contributed by atoms with Crippen LogP contribution in [0.1, 0.15) is 45.6 Å². The van der Waals surface area contributed by atoms with Gasteiger partial charge in [0.25, 0.3) is 5.91 Å². The minimum absolute atomic E-state index is 0.0658. The van der Waals surface area contributed by atoms with E-state index >= 15 is 0 Å². The molecule has 1 N–H and O–H groups in total. The maximum atomic E-state index is 12.4. The van der Waals surface area contributed by atoms with Crippen molar-refractivity contribution in [3.63, 3.8) is 0 Å². The highest BCUT2D eigenvalue weighted by atomic mass is 16.5. The second-order valence-electron chi connectivity index (χ2n) is 8.64. The van der Waals surface area contributed by atoms with Crippen LogP contribution in [0.15, 0.2) is 71.1 Å². The van der Waals surface area contributed by atoms with Crippen LogP contribution in [0.4, 0.5) is 11.4 Å². The third-order valence-corrected chi connectivity index (χ3v) is 6.35. The standard InChI is InChI=1S/C29H33N3O3/c1-5-20(4)21-10-15-25(16-11-21)34-19-28(33)30-23-12-17-27-26(18-23)31-29(35-27)22-8-13-24(14-9-22)32(6-2)7-3/h8-18,20H,5-7,19H2,1-4H3,(H,30,33)/t20-/m1/s1. The molecular formula is C29H33N3O3. The molecule has 0 bridgehead atoms. The number of rotatable bonds is 10. The summed E-state index contributed by atoms with van der Waals surface area (Å²) in [6.07, 6.45) is 1.09. The summed E-state index contributed by atoms with van der Waals surface area (Å²) in [7, 11) is 0. The molecule has 4 rings (SSSR count). The van der Waals surface area contributed by atoms with Crippen LogP contribution in [-0.4, -0.2) is 30.6 Å². The number of fused-ring (bicyclic) bond motifs is 1. The molecule has 0 aliphatic rings. The minimum Gasteiger partial charge on any atom is -0.484 e. The Morgan fingerprint density at radius 2 is 1.71 bits per heavy atom. The van der Waals surface area contributed by atoms with E-state index in [1.54, 1.807) is 6.07 Å². The van der Waals surface area contributed by atoms with Crippen molar-refractivity contribution in [3.8, 4) is 17.2 Å². The molecule has 0 aliphatic carbocycles. The van der Waals surface area contributed by atoms with Crippen molar-refractivity contribution in [2.24, 2.45) is 0 Å². The second-order valence-corrected chi connectivity index (χ2v) is 8.64. The minimum atomic E-state index is -0.230. The van der Waals surface area contributed by atoms with Crippen LogP contribution < -0.4 is 15.0 Å². The Labute approximate surface area is 206 Å². The summed E-state index contributed by atoms with van der Waals surface area (Å²) in [5, 5.41) is 2.87. The van der Waals surface area contributed by atoms with Gasteiger partial charge < -0.3 is 19.4 Å². The lowest BCUT2D eigenvalue weighted by atomic mass is 9.99. The van der Waals surface area contributed by atoms with E-state index in [0.29, 0.717) is 34.3 Å². The van der Waals surface area contributed by atoms with E-state index < -0.39 is 0 Å². The van der Waals surface area contributed by atoms with Gasteiger partial charge in [-0.3, -0.25) is 4.79 Å². The lowest BCUT2D eigenvalue weighted by molar-refractivity contribution is -0.118. The maximum absolute atomic E-state index is 12.4. The molecule has 182 valence electrons. The van der Waals surface area contributed by atoms with E-state index in [0.717, 1.165) is 25.1 Å². The number of hydrogen-bond donors (Lipinski definition) is 1. The predicted octanol–water partition coefficient (Wildman–Crippen LogP) is 6.87. The van der Waals surface area contributed by atoms with Crippen LogP contribution in [0.5, 0.6) is 5.75 Å². The van der Waals surface area contributed by atoms with Gasteiger partial charge in [-0.25, -0.2) is 4.98 Å². The summed E-state index contributed by atoms with van der Waals surface area (Å²) in [4.78, 5) is 19.3. The Hall–Kier alpha value is -3.80. The highest BCUT2D eigenvalue weighted by Crippen LogP contribution is 2.28. The number of carbonyl (C=O) groups is 1. The second kappa shape index (κ2) is 11.1. The molecule has 6 heteroatoms. The van der Waals surface area contributed by atoms with E-state index in [1.165, 1.54) is 11.3 Å². The number of aromatic nitrogens is 1. The first-order valence-corrected chi connectivity index (χ1v) is 12.3. The number of oxazole rings is 1. The molecule has 1 amide bonds. The summed E-state index contributed by atoms with van der Waals surface area (Å²) < 4.78 is 11.6. The lowest BCUT2D eigenvalue weighted by Crippen LogP contribution is -2.21. The first kappa shape index (κ1) is 24.3. The third kappa shape index (κ3) is 5.83. The van der Waals surface area contributed by atoms with Gasteiger partial charge in [0.2, 0.25) is 5.89 Å². The third-order valence-electron chi connectivity index (χ3n) is 6.35. The molecule has 0 unspecified atom stereocenters. The van der Waals surface area contributed by atoms with Crippen LogP contribution in [0, 0.1) is 0 Å². The fourth-order valence-corrected chi connectivity index (χ4v) is 4.01. The van der Waals surface area contributed by atoms with Gasteiger partial charge in [-0.2, -0.15) is 0 Å². The summed E-state index contributed by atoms with van der Waals surface area (Å²) in [6, 6.07) is 21.6. The number of nitrogens with zero attached hydrogens (tertiary/aromatic N) is 2. The van der Waals surface area contributed by atoms with Gasteiger partial charge in [-0.15, -0.1) is 0 Å². The molecule has 0 aliphatic heterocycles. The fraction of sp³-hybridized carbons (Fsp3) is 0.310. The van der Waals surface area contributed by atoms with Crippen LogP contribution >= 0.6 is 0 Å². The topological polar surface area (TPSA) is 67.6 Å². The number of anilines is 2. The molecule has 1 atom stereocenters. The molecule has 35 heavy (non-hydrogen) atoms. The summed E-state index contributed by atoms with van der Waals surface area (Å²) in [5.74, 6) is 1.51. The first-order valence-electron chi connectivity index (χ1n) is 12.3. The monoisotopic (exact) mass is 471 g/mol. The molecule has 0 saturated carbocycles. The Morgan fingerprint density at radius 3 is 2.37 bits per heavy atom. The van der Waals surface area contributed by atoms with E-state index in [4.69, 9.17) is 9.15 Å². The van der Waals surface area contributed by atoms with Gasteiger partial charge in [0, 0.05) is 30.0 Å². The van der Waals surface area contributed by atoms with E-state index in [-0.39, 0.29) is 12.5 Å². The van der Waals surface area contributed by atoms with Crippen molar-refractivity contribution < 1.29 is 13.9 Å². The van der Waals surface area contributed by atoms with Crippen LogP contribution in [0.2, 0.25) is 0 Å². The number of carbonyl (C=O) groups excluding carboxylic acids is 1. The van der Waals surface area contributed by atoms with Crippen molar-refractivity contribution >= 4 is 28.4 Å². The average molecular weight is 472 g/mol. The molecule has 0 spiro atoms. The Kier molecular flexibility index (Phi) is 7.70. The normalized spacial score (nSPS) is 11.9. The Bertz CT molecular complexity index is 1260. The first-order chi connectivity index (χ1) is 17.0. The van der Waals surface area contributed by atoms with Crippen molar-refractivity contribution in [1.29, 1.82) is 0 Å². The van der Waals surface area contributed by atoms with Crippen LogP contribution in [-0.2, 0) is 4.79 Å². The largest absolute Gasteiger partial charge is 0.484 e. The number of nitrogens with one attached hydrogen (secondary N) is 1. The van der Waals surface area contributed by atoms with Gasteiger partial charge >= 0.3 is 0 Å². The zero-order chi connectivity index (χ0) is 24.8. The lowest BCUT2D eigenvalue weighted by Gasteiger charge is -2.20. The van der Waals surface area contributed by atoms with Gasteiger partial charge in [0.05, 0.1) is 0 Å². The van der Waals surface area contributed by atoms with E-state index in [9.17, 15) is 4.79 Å². The zero-order valence-electron chi connectivity index (χ0n) is 20.9. The van der Waals surface area contributed by atoms with Gasteiger partial charge in [-0.1, -0.05) is 26.0 Å². The van der Waals surface area contributed by atoms with E-state index in [1.807, 2.05) is 36.4 Å². The van der Waals surface area contributed by atoms with E-state index in [2.05, 4.69) is 67.2 Å². The van der Waals surface area contributed by atoms with Crippen molar-refractivity contribution in [2.45, 2.75) is 40.0 Å². The van der Waals surface area contributed by atoms with Crippen LogP contribution in [0.3, 0.4) is 0 Å². The Morgan fingerprint density at radius 1 is 1.00 bits per heavy atom. The number of amides is 1. The summed E-state index contributed by atoms with van der Waals surface area (Å²) in [5.41, 5.74) is 5.36. The molecule has 0 fully saturated rings. The number of ether oxygens (including phenoxy) is 1. The molecule has 4 aromatic rings. The van der Waals surface area contributed by atoms with Gasteiger partial charge in [-0.05, 0) is 86.3 Å². The molecule has 1 aromatic heterocycles. The highest BCUT2D eigenvalue weighted by molar-refractivity contribution is 5.94. The van der Waals surface area contributed by atoms with Gasteiger partial charge in [0.15, 0.2) is 12.2 Å². The molecule has 1 heterocycles. The number of benzene rings is 3. The Balaban J connectivity index is 1.38. The predicted molar refractivity (Wildman–Crippen MR) is 142 cm³/mol. The molecule has 0 radical (unpaired) electrons. The van der Waals surface area contributed by atoms with Crippen LogP contribution in [0.25, 0.3) is 22.6 Å². The smallest absolute Gasteiger partial charge is 0.262 e. The zero-order valence-corrected chi connectivity index (χ0v) is 20.9. The number of hydrogen-bond acceptors (Lipinski definition) is 5. The summed E-state index contributed by atoms with van der Waals surface area (Å²) >= 11 is 0. The van der Waals surface area contributed by atoms with Gasteiger partial charge in [0.1, 0.15) is 11.3 Å². The van der Waals surface area contributed by atoms with Crippen molar-refractivity contribution in [2.75, 3.05) is 29.9 Å². The molecule has 6 nitrogen and oxygen atoms in total. The van der Waals surface area contributed by atoms with Crippen molar-refractivity contribution in [1.82, 2.24) is 4.98 Å². The quantitative estimate of drug-likeness (QED) is 0.273. The molecule has 0 saturated heterocycles.